The van der Waals surface area contributed by atoms with Gasteiger partial charge in [0.25, 0.3) is 6.43 Å². The maximum Gasteiger partial charge on any atom is 0.372 e. The predicted molar refractivity (Wildman–Crippen MR) is 48.4 cm³/mol. The maximum atomic E-state index is 13.0. The first kappa shape index (κ1) is 11.9. The molecule has 0 N–H and O–H groups in total. The van der Waals surface area contributed by atoms with Crippen LogP contribution in [0.15, 0.2) is 6.20 Å². The molecule has 8 heteroatoms. The van der Waals surface area contributed by atoms with E-state index in [1.165, 1.54) is 0 Å². The Hall–Kier alpha value is -1.18. The Morgan fingerprint density at radius 2 is 2.20 bits per heavy atom. The van der Waals surface area contributed by atoms with Crippen LogP contribution >= 0.6 is 15.9 Å². The van der Waals surface area contributed by atoms with Gasteiger partial charge in [0.15, 0.2) is 12.0 Å². The van der Waals surface area contributed by atoms with Gasteiger partial charge in [0.05, 0.1) is 0 Å². The van der Waals surface area contributed by atoms with E-state index in [4.69, 9.17) is 0 Å². The van der Waals surface area contributed by atoms with E-state index in [1.54, 1.807) is 0 Å². The quantitative estimate of drug-likeness (QED) is 0.487. The summed E-state index contributed by atoms with van der Waals surface area (Å²) in [5, 5.41) is 10.1. The lowest BCUT2D eigenvalue weighted by Crippen LogP contribution is -2.05. The summed E-state index contributed by atoms with van der Waals surface area (Å²) in [6.45, 7) is 0. The van der Waals surface area contributed by atoms with Crippen molar-refractivity contribution in [3.63, 3.8) is 0 Å². The number of aromatic nitrogens is 1. The molecule has 0 amide bonds. The summed E-state index contributed by atoms with van der Waals surface area (Å²) in [5.41, 5.74) is -1.41. The number of hydrogen-bond donors (Lipinski definition) is 0. The summed E-state index contributed by atoms with van der Waals surface area (Å²) in [6, 6.07) is 0. The van der Waals surface area contributed by atoms with Crippen molar-refractivity contribution in [2.75, 3.05) is 0 Å². The SMILES string of the molecule is O=[N+]([O-])c1ncc(F)c(CBr)c1C(F)F. The van der Waals surface area contributed by atoms with E-state index in [0.29, 0.717) is 6.20 Å². The molecule has 0 radical (unpaired) electrons. The van der Waals surface area contributed by atoms with Crippen LogP contribution in [-0.2, 0) is 5.33 Å². The van der Waals surface area contributed by atoms with Gasteiger partial charge in [0.1, 0.15) is 5.56 Å². The Morgan fingerprint density at radius 3 is 2.60 bits per heavy atom. The lowest BCUT2D eigenvalue weighted by Gasteiger charge is -2.06. The van der Waals surface area contributed by atoms with Crippen LogP contribution in [0.1, 0.15) is 17.6 Å². The Bertz CT molecular complexity index is 400. The Balaban J connectivity index is 3.49. The van der Waals surface area contributed by atoms with E-state index in [2.05, 4.69) is 20.9 Å². The number of rotatable bonds is 3. The molecule has 0 spiro atoms. The fraction of sp³-hybridized carbons (Fsp3) is 0.286. The predicted octanol–water partition coefficient (Wildman–Crippen LogP) is 2.96. The maximum absolute atomic E-state index is 13.0. The molecule has 1 aromatic rings. The van der Waals surface area contributed by atoms with Crippen LogP contribution in [0.2, 0.25) is 0 Å². The minimum absolute atomic E-state index is 0.234. The lowest BCUT2D eigenvalue weighted by molar-refractivity contribution is -0.391. The first-order chi connectivity index (χ1) is 6.99. The van der Waals surface area contributed by atoms with Crippen LogP contribution in [0.4, 0.5) is 19.0 Å². The molecule has 0 saturated heterocycles. The third-order valence-corrected chi connectivity index (χ3v) is 2.24. The molecular weight excluding hydrogens is 281 g/mol. The van der Waals surface area contributed by atoms with Gasteiger partial charge in [-0.05, 0) is 9.91 Å². The van der Waals surface area contributed by atoms with E-state index in [0.717, 1.165) is 0 Å². The fourth-order valence-electron chi connectivity index (χ4n) is 1.04. The number of alkyl halides is 3. The van der Waals surface area contributed by atoms with Gasteiger partial charge in [-0.3, -0.25) is 0 Å². The van der Waals surface area contributed by atoms with E-state index in [-0.39, 0.29) is 5.33 Å². The zero-order valence-electron chi connectivity index (χ0n) is 7.08. The molecule has 0 unspecified atom stereocenters. The second-order valence-corrected chi connectivity index (χ2v) is 3.07. The van der Waals surface area contributed by atoms with E-state index >= 15 is 0 Å². The molecule has 0 aromatic carbocycles. The average Bonchev–Trinajstić information content (AvgIpc) is 2.16. The molecule has 0 atom stereocenters. The van der Waals surface area contributed by atoms with Crippen molar-refractivity contribution in [2.45, 2.75) is 11.8 Å². The zero-order valence-corrected chi connectivity index (χ0v) is 8.67. The standard InChI is InChI=1S/C7H4BrF3N2O2/c8-1-3-4(9)2-12-7(13(14)15)5(3)6(10)11/h2,6H,1H2. The number of nitro groups is 1. The largest absolute Gasteiger partial charge is 0.372 e. The van der Waals surface area contributed by atoms with Gasteiger partial charge >= 0.3 is 5.82 Å². The molecule has 0 aliphatic heterocycles. The number of hydrogen-bond acceptors (Lipinski definition) is 3. The summed E-state index contributed by atoms with van der Waals surface area (Å²) in [5.74, 6) is -2.01. The van der Waals surface area contributed by atoms with Crippen molar-refractivity contribution in [1.29, 1.82) is 0 Å². The van der Waals surface area contributed by atoms with Crippen LogP contribution in [-0.4, -0.2) is 9.91 Å². The molecular formula is C7H4BrF3N2O2. The Labute approximate surface area is 90.4 Å². The molecule has 0 aliphatic rings. The summed E-state index contributed by atoms with van der Waals surface area (Å²) < 4.78 is 38.0. The van der Waals surface area contributed by atoms with Crippen molar-refractivity contribution in [3.8, 4) is 0 Å². The molecule has 1 heterocycles. The van der Waals surface area contributed by atoms with Crippen LogP contribution in [0, 0.1) is 15.9 Å². The van der Waals surface area contributed by atoms with Gasteiger partial charge in [-0.2, -0.15) is 0 Å². The molecule has 0 bridgehead atoms. The third-order valence-electron chi connectivity index (χ3n) is 1.68. The van der Waals surface area contributed by atoms with Crippen molar-refractivity contribution < 1.29 is 18.1 Å². The highest BCUT2D eigenvalue weighted by Crippen LogP contribution is 2.32. The van der Waals surface area contributed by atoms with Gasteiger partial charge in [0, 0.05) is 10.9 Å². The van der Waals surface area contributed by atoms with Gasteiger partial charge in [-0.15, -0.1) is 0 Å². The van der Waals surface area contributed by atoms with Gasteiger partial charge in [0.2, 0.25) is 0 Å². The van der Waals surface area contributed by atoms with E-state index in [1.807, 2.05) is 0 Å². The van der Waals surface area contributed by atoms with Gasteiger partial charge < -0.3 is 10.1 Å². The van der Waals surface area contributed by atoms with Crippen LogP contribution in [0.3, 0.4) is 0 Å². The normalized spacial score (nSPS) is 10.7. The van der Waals surface area contributed by atoms with Crippen LogP contribution < -0.4 is 0 Å². The highest BCUT2D eigenvalue weighted by molar-refractivity contribution is 9.08. The molecule has 82 valence electrons. The van der Waals surface area contributed by atoms with Crippen molar-refractivity contribution in [3.05, 3.63) is 33.3 Å². The van der Waals surface area contributed by atoms with Crippen LogP contribution in [0.25, 0.3) is 0 Å². The third kappa shape index (κ3) is 2.25. The monoisotopic (exact) mass is 284 g/mol. The zero-order chi connectivity index (χ0) is 11.6. The lowest BCUT2D eigenvalue weighted by atomic mass is 10.1. The number of nitrogens with zero attached hydrogens (tertiary/aromatic N) is 2. The molecule has 0 fully saturated rings. The van der Waals surface area contributed by atoms with Gasteiger partial charge in [-0.25, -0.2) is 13.2 Å². The molecule has 0 saturated carbocycles. The molecule has 0 aliphatic carbocycles. The molecule has 1 rings (SSSR count). The average molecular weight is 285 g/mol. The molecule has 1 aromatic heterocycles. The Kier molecular flexibility index (Phi) is 3.61. The molecule has 4 nitrogen and oxygen atoms in total. The number of halogens is 4. The van der Waals surface area contributed by atoms with E-state index in [9.17, 15) is 23.3 Å². The van der Waals surface area contributed by atoms with Gasteiger partial charge in [-0.1, -0.05) is 15.9 Å². The second kappa shape index (κ2) is 4.56. The first-order valence-electron chi connectivity index (χ1n) is 3.64. The van der Waals surface area contributed by atoms with Crippen molar-refractivity contribution in [1.82, 2.24) is 4.98 Å². The summed E-state index contributed by atoms with van der Waals surface area (Å²) in [7, 11) is 0. The minimum Gasteiger partial charge on any atom is -0.358 e. The highest BCUT2D eigenvalue weighted by Gasteiger charge is 2.29. The second-order valence-electron chi connectivity index (χ2n) is 2.51. The van der Waals surface area contributed by atoms with Crippen molar-refractivity contribution >= 4 is 21.7 Å². The Morgan fingerprint density at radius 1 is 1.60 bits per heavy atom. The van der Waals surface area contributed by atoms with E-state index < -0.39 is 34.1 Å². The summed E-state index contributed by atoms with van der Waals surface area (Å²) in [6.07, 6.45) is -2.58. The summed E-state index contributed by atoms with van der Waals surface area (Å²) >= 11 is 2.79. The first-order valence-corrected chi connectivity index (χ1v) is 4.77. The highest BCUT2D eigenvalue weighted by atomic mass is 79.9. The summed E-state index contributed by atoms with van der Waals surface area (Å²) in [4.78, 5) is 12.3. The van der Waals surface area contributed by atoms with Crippen molar-refractivity contribution in [2.24, 2.45) is 0 Å². The van der Waals surface area contributed by atoms with Crippen LogP contribution in [0.5, 0.6) is 0 Å². The molecule has 15 heavy (non-hydrogen) atoms. The minimum atomic E-state index is -3.14. The fourth-order valence-corrected chi connectivity index (χ4v) is 1.61. The smallest absolute Gasteiger partial charge is 0.358 e. The number of pyridine rings is 1. The topological polar surface area (TPSA) is 56.0 Å².